The lowest BCUT2D eigenvalue weighted by atomic mass is 10.1. The topological polar surface area (TPSA) is 151 Å². The third-order valence-corrected chi connectivity index (χ3v) is 5.20. The molecule has 0 aliphatic heterocycles. The van der Waals surface area contributed by atoms with E-state index in [0.29, 0.717) is 34.3 Å². The van der Waals surface area contributed by atoms with E-state index in [0.717, 1.165) is 5.56 Å². The fourth-order valence-corrected chi connectivity index (χ4v) is 3.40. The fraction of sp³-hybridized carbons (Fsp3) is 0.160. The van der Waals surface area contributed by atoms with Gasteiger partial charge < -0.3 is 40.2 Å². The average Bonchev–Trinajstić information content (AvgIpc) is 2.87. The number of aromatic hydroxyl groups is 3. The summed E-state index contributed by atoms with van der Waals surface area (Å²) in [6.07, 6.45) is 4.76. The van der Waals surface area contributed by atoms with Gasteiger partial charge in [-0.05, 0) is 23.8 Å². The maximum Gasteiger partial charge on any atom is 0.173 e. The van der Waals surface area contributed by atoms with Crippen LogP contribution in [0.1, 0.15) is 11.3 Å². The van der Waals surface area contributed by atoms with Gasteiger partial charge in [-0.1, -0.05) is 0 Å². The smallest absolute Gasteiger partial charge is 0.173 e. The first-order valence-electron chi connectivity index (χ1n) is 10.7. The van der Waals surface area contributed by atoms with Crippen molar-refractivity contribution < 1.29 is 29.5 Å². The lowest BCUT2D eigenvalue weighted by Crippen LogP contribution is -2.01. The molecule has 1 aromatic carbocycles. The van der Waals surface area contributed by atoms with Crippen molar-refractivity contribution in [2.45, 2.75) is 6.42 Å². The molecule has 0 radical (unpaired) electrons. The normalized spacial score (nSPS) is 10.5. The number of rotatable bonds is 9. The van der Waals surface area contributed by atoms with Crippen molar-refractivity contribution in [1.29, 1.82) is 0 Å². The summed E-state index contributed by atoms with van der Waals surface area (Å²) in [6, 6.07) is 9.77. The lowest BCUT2D eigenvalue weighted by molar-refractivity contribution is 0.403. The standard InChI is InChI=1S/C25H25N5O6/c1-34-17-8-21(31)20(26-11-17)6-14-4-15(29-24-22(32)9-18(35-2)12-27-24)7-16(5-14)30-25-23(33)10-19(36-3)13-28-25/h4-5,7-13,31-33H,6H2,1-3H3,(H,27,29)(H,28,30). The van der Waals surface area contributed by atoms with E-state index in [9.17, 15) is 15.3 Å². The van der Waals surface area contributed by atoms with Gasteiger partial charge in [-0.25, -0.2) is 9.97 Å². The summed E-state index contributed by atoms with van der Waals surface area (Å²) in [6.45, 7) is 0. The van der Waals surface area contributed by atoms with Crippen LogP contribution in [0.5, 0.6) is 34.5 Å². The fourth-order valence-electron chi connectivity index (χ4n) is 3.40. The van der Waals surface area contributed by atoms with Gasteiger partial charge in [0.15, 0.2) is 23.1 Å². The monoisotopic (exact) mass is 491 g/mol. The Morgan fingerprint density at radius 2 is 1.06 bits per heavy atom. The van der Waals surface area contributed by atoms with Gasteiger partial charge >= 0.3 is 0 Å². The van der Waals surface area contributed by atoms with Crippen LogP contribution in [-0.4, -0.2) is 51.6 Å². The molecule has 0 bridgehead atoms. The van der Waals surface area contributed by atoms with Crippen LogP contribution in [0.3, 0.4) is 0 Å². The average molecular weight is 492 g/mol. The molecule has 11 heteroatoms. The number of hydrogen-bond donors (Lipinski definition) is 5. The number of hydrogen-bond acceptors (Lipinski definition) is 11. The second kappa shape index (κ2) is 10.6. The van der Waals surface area contributed by atoms with Crippen molar-refractivity contribution in [3.8, 4) is 34.5 Å². The molecule has 0 aliphatic carbocycles. The first-order chi connectivity index (χ1) is 17.4. The molecule has 0 saturated heterocycles. The van der Waals surface area contributed by atoms with Crippen LogP contribution in [-0.2, 0) is 6.42 Å². The molecule has 4 rings (SSSR count). The molecule has 0 fully saturated rings. The van der Waals surface area contributed by atoms with Crippen LogP contribution in [0.25, 0.3) is 0 Å². The minimum atomic E-state index is -0.0989. The van der Waals surface area contributed by atoms with Crippen LogP contribution in [0, 0.1) is 0 Å². The molecule has 0 atom stereocenters. The summed E-state index contributed by atoms with van der Waals surface area (Å²) < 4.78 is 15.3. The van der Waals surface area contributed by atoms with Crippen molar-refractivity contribution in [3.05, 3.63) is 66.2 Å². The Balaban J connectivity index is 1.69. The van der Waals surface area contributed by atoms with Crippen LogP contribution in [0.4, 0.5) is 23.0 Å². The van der Waals surface area contributed by atoms with Gasteiger partial charge in [0.1, 0.15) is 23.0 Å². The SMILES string of the molecule is COc1cnc(Cc2cc(Nc3ncc(OC)cc3O)cc(Nc3ncc(OC)cc3O)c2)c(O)c1. The highest BCUT2D eigenvalue weighted by Gasteiger charge is 2.12. The predicted octanol–water partition coefficient (Wildman–Crippen LogP) is 4.09. The number of anilines is 4. The van der Waals surface area contributed by atoms with Gasteiger partial charge in [0.2, 0.25) is 0 Å². The van der Waals surface area contributed by atoms with Crippen molar-refractivity contribution in [2.24, 2.45) is 0 Å². The number of methoxy groups -OCH3 is 3. The van der Waals surface area contributed by atoms with Crippen LogP contribution < -0.4 is 24.8 Å². The van der Waals surface area contributed by atoms with Crippen molar-refractivity contribution in [3.63, 3.8) is 0 Å². The molecular weight excluding hydrogens is 466 g/mol. The minimum absolute atomic E-state index is 0.00819. The number of benzene rings is 1. The van der Waals surface area contributed by atoms with E-state index in [1.165, 1.54) is 58.1 Å². The van der Waals surface area contributed by atoms with Crippen molar-refractivity contribution in [2.75, 3.05) is 32.0 Å². The summed E-state index contributed by atoms with van der Waals surface area (Å²) >= 11 is 0. The van der Waals surface area contributed by atoms with Crippen LogP contribution in [0.2, 0.25) is 0 Å². The van der Waals surface area contributed by atoms with E-state index in [1.807, 2.05) is 12.1 Å². The Hall–Kier alpha value is -4.93. The molecular formula is C25H25N5O6. The molecule has 4 aromatic rings. The quantitative estimate of drug-likeness (QED) is 0.230. The van der Waals surface area contributed by atoms with Gasteiger partial charge in [0.05, 0.1) is 45.6 Å². The zero-order valence-corrected chi connectivity index (χ0v) is 19.8. The highest BCUT2D eigenvalue weighted by atomic mass is 16.5. The molecule has 0 saturated carbocycles. The van der Waals surface area contributed by atoms with E-state index in [4.69, 9.17) is 14.2 Å². The molecule has 11 nitrogen and oxygen atoms in total. The van der Waals surface area contributed by atoms with Gasteiger partial charge in [0.25, 0.3) is 0 Å². The third kappa shape index (κ3) is 5.58. The Morgan fingerprint density at radius 3 is 1.47 bits per heavy atom. The van der Waals surface area contributed by atoms with E-state index < -0.39 is 0 Å². The van der Waals surface area contributed by atoms with Crippen LogP contribution >= 0.6 is 0 Å². The van der Waals surface area contributed by atoms with Crippen molar-refractivity contribution >= 4 is 23.0 Å². The molecule has 0 amide bonds. The van der Waals surface area contributed by atoms with E-state index in [2.05, 4.69) is 25.6 Å². The largest absolute Gasteiger partial charge is 0.506 e. The summed E-state index contributed by atoms with van der Waals surface area (Å²) in [7, 11) is 4.46. The molecule has 36 heavy (non-hydrogen) atoms. The second-order valence-corrected chi connectivity index (χ2v) is 7.67. The van der Waals surface area contributed by atoms with E-state index >= 15 is 0 Å². The first kappa shape index (κ1) is 24.2. The molecule has 3 aromatic heterocycles. The number of nitrogens with one attached hydrogen (secondary N) is 2. The lowest BCUT2D eigenvalue weighted by Gasteiger charge is -2.15. The number of nitrogens with zero attached hydrogens (tertiary/aromatic N) is 3. The Kier molecular flexibility index (Phi) is 7.10. The zero-order valence-electron chi connectivity index (χ0n) is 19.8. The Bertz CT molecular complexity index is 1200. The number of pyridine rings is 3. The predicted molar refractivity (Wildman–Crippen MR) is 133 cm³/mol. The maximum absolute atomic E-state index is 10.4. The van der Waals surface area contributed by atoms with Gasteiger partial charge in [0, 0.05) is 36.0 Å². The van der Waals surface area contributed by atoms with Gasteiger partial charge in [-0.2, -0.15) is 0 Å². The summed E-state index contributed by atoms with van der Waals surface area (Å²) in [5.74, 6) is 1.50. The molecule has 0 unspecified atom stereocenters. The summed E-state index contributed by atoms with van der Waals surface area (Å²) in [5, 5.41) is 37.2. The highest BCUT2D eigenvalue weighted by Crippen LogP contribution is 2.33. The molecule has 5 N–H and O–H groups in total. The summed E-state index contributed by atoms with van der Waals surface area (Å²) in [4.78, 5) is 12.7. The summed E-state index contributed by atoms with van der Waals surface area (Å²) in [5.41, 5.74) is 2.35. The Morgan fingerprint density at radius 1 is 0.611 bits per heavy atom. The zero-order chi connectivity index (χ0) is 25.7. The molecule has 0 spiro atoms. The Labute approximate surface area is 207 Å². The number of ether oxygens (including phenoxy) is 3. The van der Waals surface area contributed by atoms with E-state index in [1.54, 1.807) is 6.07 Å². The van der Waals surface area contributed by atoms with Crippen LogP contribution in [0.15, 0.2) is 55.0 Å². The molecule has 0 aliphatic rings. The molecule has 186 valence electrons. The first-order valence-corrected chi connectivity index (χ1v) is 10.7. The maximum atomic E-state index is 10.4. The van der Waals surface area contributed by atoms with E-state index in [-0.39, 0.29) is 35.3 Å². The minimum Gasteiger partial charge on any atom is -0.506 e. The number of aromatic nitrogens is 3. The van der Waals surface area contributed by atoms with Gasteiger partial charge in [-0.3, -0.25) is 4.98 Å². The van der Waals surface area contributed by atoms with Gasteiger partial charge in [-0.15, -0.1) is 0 Å². The molecule has 3 heterocycles. The highest BCUT2D eigenvalue weighted by molar-refractivity contribution is 5.71. The second-order valence-electron chi connectivity index (χ2n) is 7.67. The third-order valence-electron chi connectivity index (χ3n) is 5.20. The van der Waals surface area contributed by atoms with Crippen molar-refractivity contribution in [1.82, 2.24) is 15.0 Å².